The predicted octanol–water partition coefficient (Wildman–Crippen LogP) is 3.15. The van der Waals surface area contributed by atoms with Crippen LogP contribution in [0.2, 0.25) is 0 Å². The van der Waals surface area contributed by atoms with Crippen LogP contribution in [-0.4, -0.2) is 33.8 Å². The summed E-state index contributed by atoms with van der Waals surface area (Å²) in [6, 6.07) is 5.16. The highest BCUT2D eigenvalue weighted by molar-refractivity contribution is 9.10. The molecule has 1 heterocycles. The molecule has 0 radical (unpaired) electrons. The maximum Gasteiger partial charge on any atom is 0.257 e. The molecule has 3 nitrogen and oxygen atoms in total. The third-order valence-electron chi connectivity index (χ3n) is 3.01. The molecular weight excluding hydrogens is 350 g/mol. The van der Waals surface area contributed by atoms with E-state index in [0.29, 0.717) is 5.56 Å². The lowest BCUT2D eigenvalue weighted by molar-refractivity contribution is 0.0747. The van der Waals surface area contributed by atoms with Gasteiger partial charge in [0, 0.05) is 22.4 Å². The van der Waals surface area contributed by atoms with Gasteiger partial charge in [0.25, 0.3) is 5.91 Å². The number of carbonyl (C=O) groups is 1. The number of rotatable bonds is 2. The SMILES string of the molecule is O=C(c1cc(Br)ccc1O)N1CCCC1CBr. The van der Waals surface area contributed by atoms with Gasteiger partial charge in [-0.25, -0.2) is 0 Å². The van der Waals surface area contributed by atoms with Crippen molar-refractivity contribution in [3.05, 3.63) is 28.2 Å². The molecule has 5 heteroatoms. The van der Waals surface area contributed by atoms with Crippen LogP contribution in [0, 0.1) is 0 Å². The summed E-state index contributed by atoms with van der Waals surface area (Å²) in [7, 11) is 0. The van der Waals surface area contributed by atoms with E-state index in [0.717, 1.165) is 29.2 Å². The van der Waals surface area contributed by atoms with Gasteiger partial charge >= 0.3 is 0 Å². The van der Waals surface area contributed by atoms with Crippen molar-refractivity contribution in [1.29, 1.82) is 0 Å². The number of hydrogen-bond donors (Lipinski definition) is 1. The zero-order valence-electron chi connectivity index (χ0n) is 9.20. The second-order valence-corrected chi connectivity index (χ2v) is 5.67. The van der Waals surface area contributed by atoms with Crippen LogP contribution in [0.3, 0.4) is 0 Å². The van der Waals surface area contributed by atoms with Crippen molar-refractivity contribution in [1.82, 2.24) is 4.90 Å². The van der Waals surface area contributed by atoms with Crippen molar-refractivity contribution in [2.45, 2.75) is 18.9 Å². The standard InChI is InChI=1S/C12H13Br2NO2/c13-7-9-2-1-5-15(9)12(17)10-6-8(14)3-4-11(10)16/h3-4,6,9,16H,1-2,5,7H2. The van der Waals surface area contributed by atoms with Gasteiger partial charge in [-0.1, -0.05) is 31.9 Å². The molecule has 0 aliphatic carbocycles. The Kier molecular flexibility index (Phi) is 4.09. The van der Waals surface area contributed by atoms with Gasteiger partial charge in [-0.15, -0.1) is 0 Å². The molecule has 0 spiro atoms. The molecule has 1 fully saturated rings. The highest BCUT2D eigenvalue weighted by Gasteiger charge is 2.29. The Balaban J connectivity index is 2.27. The quantitative estimate of drug-likeness (QED) is 0.821. The van der Waals surface area contributed by atoms with Crippen LogP contribution in [0.25, 0.3) is 0 Å². The fourth-order valence-corrected chi connectivity index (χ4v) is 3.13. The van der Waals surface area contributed by atoms with Gasteiger partial charge in [0.2, 0.25) is 0 Å². The molecule has 1 amide bonds. The topological polar surface area (TPSA) is 40.5 Å². The van der Waals surface area contributed by atoms with Crippen LogP contribution in [0.15, 0.2) is 22.7 Å². The number of halogens is 2. The van der Waals surface area contributed by atoms with Gasteiger partial charge in [-0.2, -0.15) is 0 Å². The summed E-state index contributed by atoms with van der Waals surface area (Å²) in [4.78, 5) is 14.1. The third-order valence-corrected chi connectivity index (χ3v) is 4.25. The van der Waals surface area contributed by atoms with Gasteiger partial charge in [-0.3, -0.25) is 4.79 Å². The second-order valence-electron chi connectivity index (χ2n) is 4.11. The van der Waals surface area contributed by atoms with E-state index in [1.165, 1.54) is 6.07 Å². The summed E-state index contributed by atoms with van der Waals surface area (Å²) >= 11 is 6.74. The Labute approximate surface area is 117 Å². The number of phenols is 1. The van der Waals surface area contributed by atoms with Crippen molar-refractivity contribution in [3.8, 4) is 5.75 Å². The number of aromatic hydroxyl groups is 1. The fraction of sp³-hybridized carbons (Fsp3) is 0.417. The van der Waals surface area contributed by atoms with E-state index >= 15 is 0 Å². The van der Waals surface area contributed by atoms with Crippen molar-refractivity contribution >= 4 is 37.8 Å². The lowest BCUT2D eigenvalue weighted by atomic mass is 10.1. The van der Waals surface area contributed by atoms with Gasteiger partial charge in [0.05, 0.1) is 5.56 Å². The Morgan fingerprint density at radius 1 is 1.53 bits per heavy atom. The monoisotopic (exact) mass is 361 g/mol. The van der Waals surface area contributed by atoms with Gasteiger partial charge in [0.1, 0.15) is 5.75 Å². The molecule has 1 aromatic carbocycles. The predicted molar refractivity (Wildman–Crippen MR) is 73.7 cm³/mol. The first-order chi connectivity index (χ1) is 8.13. The molecular formula is C12H13Br2NO2. The normalized spacial score (nSPS) is 19.6. The average Bonchev–Trinajstić information content (AvgIpc) is 2.79. The lowest BCUT2D eigenvalue weighted by Gasteiger charge is -2.23. The van der Waals surface area contributed by atoms with Crippen LogP contribution >= 0.6 is 31.9 Å². The van der Waals surface area contributed by atoms with Gasteiger partial charge in [-0.05, 0) is 31.0 Å². The number of amides is 1. The van der Waals surface area contributed by atoms with E-state index in [-0.39, 0.29) is 17.7 Å². The van der Waals surface area contributed by atoms with Crippen LogP contribution in [0.5, 0.6) is 5.75 Å². The number of alkyl halides is 1. The van der Waals surface area contributed by atoms with Crippen LogP contribution < -0.4 is 0 Å². The third kappa shape index (κ3) is 2.65. The summed E-state index contributed by atoms with van der Waals surface area (Å²) in [5.41, 5.74) is 0.368. The molecule has 1 aliphatic heterocycles. The Morgan fingerprint density at radius 3 is 3.00 bits per heavy atom. The molecule has 92 valence electrons. The number of carbonyl (C=O) groups excluding carboxylic acids is 1. The molecule has 1 aromatic rings. The van der Waals surface area contributed by atoms with E-state index in [1.54, 1.807) is 12.1 Å². The Morgan fingerprint density at radius 2 is 2.29 bits per heavy atom. The number of likely N-dealkylation sites (tertiary alicyclic amines) is 1. The Hall–Kier alpha value is -0.550. The summed E-state index contributed by atoms with van der Waals surface area (Å²) in [6.07, 6.45) is 2.04. The molecule has 0 saturated carbocycles. The minimum atomic E-state index is -0.0919. The molecule has 1 atom stereocenters. The van der Waals surface area contributed by atoms with Gasteiger partial charge in [0.15, 0.2) is 0 Å². The molecule has 0 aromatic heterocycles. The Bertz CT molecular complexity index is 437. The molecule has 1 unspecified atom stereocenters. The van der Waals surface area contributed by atoms with E-state index in [2.05, 4.69) is 31.9 Å². The van der Waals surface area contributed by atoms with E-state index in [1.807, 2.05) is 4.90 Å². The molecule has 17 heavy (non-hydrogen) atoms. The summed E-state index contributed by atoms with van der Waals surface area (Å²) in [5, 5.41) is 10.5. The number of benzene rings is 1. The summed E-state index contributed by atoms with van der Waals surface area (Å²) < 4.78 is 0.799. The average molecular weight is 363 g/mol. The summed E-state index contributed by atoms with van der Waals surface area (Å²) in [5.74, 6) is -0.0517. The van der Waals surface area contributed by atoms with Crippen molar-refractivity contribution in [2.75, 3.05) is 11.9 Å². The maximum absolute atomic E-state index is 12.3. The first-order valence-corrected chi connectivity index (χ1v) is 7.40. The van der Waals surface area contributed by atoms with Crippen LogP contribution in [-0.2, 0) is 0 Å². The van der Waals surface area contributed by atoms with Crippen LogP contribution in [0.1, 0.15) is 23.2 Å². The first-order valence-electron chi connectivity index (χ1n) is 5.49. The minimum absolute atomic E-state index is 0.0402. The zero-order valence-corrected chi connectivity index (χ0v) is 12.4. The van der Waals surface area contributed by atoms with E-state index in [9.17, 15) is 9.90 Å². The molecule has 1 saturated heterocycles. The maximum atomic E-state index is 12.3. The fourth-order valence-electron chi connectivity index (χ4n) is 2.10. The largest absolute Gasteiger partial charge is 0.507 e. The zero-order chi connectivity index (χ0) is 12.4. The highest BCUT2D eigenvalue weighted by Crippen LogP contribution is 2.27. The molecule has 1 aliphatic rings. The van der Waals surface area contributed by atoms with Crippen LogP contribution in [0.4, 0.5) is 0 Å². The highest BCUT2D eigenvalue weighted by atomic mass is 79.9. The van der Waals surface area contributed by atoms with Crippen molar-refractivity contribution < 1.29 is 9.90 Å². The van der Waals surface area contributed by atoms with E-state index < -0.39 is 0 Å². The minimum Gasteiger partial charge on any atom is -0.507 e. The lowest BCUT2D eigenvalue weighted by Crippen LogP contribution is -2.36. The number of hydrogen-bond acceptors (Lipinski definition) is 2. The first kappa shape index (κ1) is 12.9. The molecule has 1 N–H and O–H groups in total. The second kappa shape index (κ2) is 5.40. The molecule has 0 bridgehead atoms. The molecule has 2 rings (SSSR count). The number of phenolic OH excluding ortho intramolecular Hbond substituents is 1. The van der Waals surface area contributed by atoms with Crippen molar-refractivity contribution in [2.24, 2.45) is 0 Å². The van der Waals surface area contributed by atoms with E-state index in [4.69, 9.17) is 0 Å². The van der Waals surface area contributed by atoms with Gasteiger partial charge < -0.3 is 10.0 Å². The smallest absolute Gasteiger partial charge is 0.257 e. The summed E-state index contributed by atoms with van der Waals surface area (Å²) in [6.45, 7) is 0.765. The number of nitrogens with zero attached hydrogens (tertiary/aromatic N) is 1. The van der Waals surface area contributed by atoms with Crippen molar-refractivity contribution in [3.63, 3.8) is 0 Å².